The van der Waals surface area contributed by atoms with Gasteiger partial charge in [0, 0.05) is 12.0 Å². The number of carbonyl (C=O) groups excluding carboxylic acids is 1. The molecule has 1 amide bonds. The summed E-state index contributed by atoms with van der Waals surface area (Å²) in [4.78, 5) is 16.4. The van der Waals surface area contributed by atoms with Crippen LogP contribution in [0.4, 0.5) is 0 Å². The van der Waals surface area contributed by atoms with Crippen molar-refractivity contribution in [1.82, 2.24) is 5.48 Å². The fourth-order valence-corrected chi connectivity index (χ4v) is 0.998. The fourth-order valence-electron chi connectivity index (χ4n) is 0.998. The predicted molar refractivity (Wildman–Crippen MR) is 70.3 cm³/mol. The number of nitrogens with one attached hydrogen (secondary N) is 1. The molecule has 0 bridgehead atoms. The Kier molecular flexibility index (Phi) is 8.80. The molecule has 19 heavy (non-hydrogen) atoms. The fraction of sp³-hybridized carbons (Fsp3) is 0.700. The third kappa shape index (κ3) is 14.9. The summed E-state index contributed by atoms with van der Waals surface area (Å²) in [6.45, 7) is 7.18. The molecule has 0 aromatic carbocycles. The van der Waals surface area contributed by atoms with Crippen molar-refractivity contribution in [2.45, 2.75) is 26.5 Å². The van der Waals surface area contributed by atoms with Gasteiger partial charge in [-0.2, -0.15) is 8.42 Å². The molecule has 0 saturated heterocycles. The summed E-state index contributed by atoms with van der Waals surface area (Å²) in [6, 6.07) is 0. The molecule has 1 unspecified atom stereocenters. The highest BCUT2D eigenvalue weighted by atomic mass is 32.3. The van der Waals surface area contributed by atoms with E-state index < -0.39 is 10.4 Å². The smallest absolute Gasteiger partial charge is 0.304 e. The van der Waals surface area contributed by atoms with Gasteiger partial charge in [0.25, 0.3) is 5.91 Å². The Morgan fingerprint density at radius 3 is 1.95 bits per heavy atom. The maximum Gasteiger partial charge on any atom is 0.394 e. The van der Waals surface area contributed by atoms with Gasteiger partial charge >= 0.3 is 10.4 Å². The Labute approximate surface area is 114 Å². The van der Waals surface area contributed by atoms with E-state index in [1.165, 1.54) is 0 Å². The van der Waals surface area contributed by atoms with Crippen molar-refractivity contribution < 1.29 is 31.6 Å². The number of hydroxylamine groups is 1. The van der Waals surface area contributed by atoms with E-state index in [-0.39, 0.29) is 12.1 Å². The third-order valence-electron chi connectivity index (χ3n) is 1.89. The lowest BCUT2D eigenvalue weighted by Crippen LogP contribution is -2.49. The molecule has 0 saturated carbocycles. The molecule has 0 aliphatic carbocycles. The van der Waals surface area contributed by atoms with E-state index >= 15 is 0 Å². The molecule has 0 aliphatic heterocycles. The maximum atomic E-state index is 11.1. The number of amides is 1. The van der Waals surface area contributed by atoms with Gasteiger partial charge in [0.05, 0.1) is 21.1 Å². The van der Waals surface area contributed by atoms with E-state index in [1.54, 1.807) is 6.92 Å². The molecule has 9 heteroatoms. The minimum Gasteiger partial charge on any atom is -0.304 e. The summed E-state index contributed by atoms with van der Waals surface area (Å²) in [7, 11) is 1.38. The monoisotopic (exact) mass is 299 g/mol. The Morgan fingerprint density at radius 1 is 1.37 bits per heavy atom. The van der Waals surface area contributed by atoms with Gasteiger partial charge in [0.1, 0.15) is 0 Å². The summed E-state index contributed by atoms with van der Waals surface area (Å²) in [6.07, 6.45) is 0.790. The van der Waals surface area contributed by atoms with Crippen molar-refractivity contribution in [2.75, 3.05) is 21.1 Å². The van der Waals surface area contributed by atoms with Crippen LogP contribution in [0.25, 0.3) is 0 Å². The lowest BCUT2D eigenvalue weighted by Gasteiger charge is -2.32. The zero-order chi connectivity index (χ0) is 15.9. The van der Waals surface area contributed by atoms with Crippen LogP contribution in [0, 0.1) is 0 Å². The number of nitrogens with zero attached hydrogens (tertiary/aromatic N) is 1. The first-order valence-electron chi connectivity index (χ1n) is 5.41. The Morgan fingerprint density at radius 2 is 1.74 bits per heavy atom. The van der Waals surface area contributed by atoms with Gasteiger partial charge in [-0.25, -0.2) is 10.3 Å². The first-order valence-corrected chi connectivity index (χ1v) is 6.81. The van der Waals surface area contributed by atoms with Crippen LogP contribution in [0.5, 0.6) is 0 Å². The van der Waals surface area contributed by atoms with Crippen LogP contribution in [0.1, 0.15) is 20.3 Å². The molecule has 0 aliphatic rings. The lowest BCUT2D eigenvalue weighted by molar-refractivity contribution is -0.921. The molecular formula is C10H23N2O6S+. The second kappa shape index (κ2) is 8.23. The van der Waals surface area contributed by atoms with E-state index in [4.69, 9.17) is 22.4 Å². The highest BCUT2D eigenvalue weighted by Crippen LogP contribution is 2.07. The molecule has 0 radical (unpaired) electrons. The van der Waals surface area contributed by atoms with Crippen LogP contribution < -0.4 is 5.48 Å². The van der Waals surface area contributed by atoms with Gasteiger partial charge in [0.15, 0.2) is 0 Å². The molecule has 3 N–H and O–H groups in total. The standard InChI is InChI=1S/C10H20N2O2.H2O4S/c1-7-9(12(4,5)6)14-11-10(13)8(2)3;1-5(2,3)4/h9H,2,7H2,1,3-6H3;(H2,1,2,3,4)/p+1. The van der Waals surface area contributed by atoms with Crippen molar-refractivity contribution in [3.63, 3.8) is 0 Å². The van der Waals surface area contributed by atoms with E-state index in [0.717, 1.165) is 6.42 Å². The summed E-state index contributed by atoms with van der Waals surface area (Å²) < 4.78 is 32.2. The molecule has 0 aromatic rings. The summed E-state index contributed by atoms with van der Waals surface area (Å²) in [5, 5.41) is 0. The molecule has 0 aromatic heterocycles. The number of rotatable bonds is 5. The Balaban J connectivity index is 0. The number of quaternary nitrogens is 1. The molecule has 8 nitrogen and oxygen atoms in total. The number of carbonyl (C=O) groups is 1. The minimum atomic E-state index is -4.67. The second-order valence-electron chi connectivity index (χ2n) is 4.76. The zero-order valence-electron chi connectivity index (χ0n) is 11.9. The van der Waals surface area contributed by atoms with E-state index in [2.05, 4.69) is 12.1 Å². The van der Waals surface area contributed by atoms with Crippen LogP contribution in [0.2, 0.25) is 0 Å². The second-order valence-corrected chi connectivity index (χ2v) is 5.65. The van der Waals surface area contributed by atoms with Gasteiger partial charge in [-0.05, 0) is 6.92 Å². The lowest BCUT2D eigenvalue weighted by atomic mass is 10.3. The van der Waals surface area contributed by atoms with Gasteiger partial charge in [-0.1, -0.05) is 13.5 Å². The van der Waals surface area contributed by atoms with Crippen molar-refractivity contribution in [2.24, 2.45) is 0 Å². The molecule has 114 valence electrons. The van der Waals surface area contributed by atoms with Crippen molar-refractivity contribution in [1.29, 1.82) is 0 Å². The highest BCUT2D eigenvalue weighted by molar-refractivity contribution is 7.79. The minimum absolute atomic E-state index is 0.0432. The SMILES string of the molecule is C=C(C)C(=O)NOC(CC)[N+](C)(C)C.O=S(=O)(O)O. The van der Waals surface area contributed by atoms with Crippen LogP contribution in [-0.2, 0) is 20.0 Å². The summed E-state index contributed by atoms with van der Waals surface area (Å²) >= 11 is 0. The molecule has 0 rings (SSSR count). The third-order valence-corrected chi connectivity index (χ3v) is 1.89. The van der Waals surface area contributed by atoms with E-state index in [1.807, 2.05) is 28.1 Å². The van der Waals surface area contributed by atoms with Crippen molar-refractivity contribution in [3.05, 3.63) is 12.2 Å². The van der Waals surface area contributed by atoms with Crippen LogP contribution in [0.15, 0.2) is 12.2 Å². The van der Waals surface area contributed by atoms with Gasteiger partial charge < -0.3 is 4.48 Å². The zero-order valence-corrected chi connectivity index (χ0v) is 12.7. The average Bonchev–Trinajstić information content (AvgIpc) is 2.13. The summed E-state index contributed by atoms with van der Waals surface area (Å²) in [5.74, 6) is -0.267. The molecule has 0 fully saturated rings. The average molecular weight is 299 g/mol. The largest absolute Gasteiger partial charge is 0.394 e. The predicted octanol–water partition coefficient (Wildman–Crippen LogP) is 0.400. The van der Waals surface area contributed by atoms with Gasteiger partial charge in [-0.15, -0.1) is 0 Å². The maximum absolute atomic E-state index is 11.1. The number of hydrogen-bond donors (Lipinski definition) is 3. The first-order chi connectivity index (χ1) is 8.29. The summed E-state index contributed by atoms with van der Waals surface area (Å²) in [5.41, 5.74) is 2.83. The van der Waals surface area contributed by atoms with Gasteiger partial charge in [0.2, 0.25) is 6.23 Å². The topological polar surface area (TPSA) is 113 Å². The van der Waals surface area contributed by atoms with E-state index in [9.17, 15) is 4.79 Å². The van der Waals surface area contributed by atoms with E-state index in [0.29, 0.717) is 10.1 Å². The quantitative estimate of drug-likeness (QED) is 0.223. The van der Waals surface area contributed by atoms with Crippen molar-refractivity contribution >= 4 is 16.3 Å². The molecule has 0 heterocycles. The van der Waals surface area contributed by atoms with Crippen molar-refractivity contribution in [3.8, 4) is 0 Å². The Hall–Kier alpha value is -1.00. The Bertz CT molecular complexity index is 391. The van der Waals surface area contributed by atoms with Crippen LogP contribution in [0.3, 0.4) is 0 Å². The molecular weight excluding hydrogens is 276 g/mol. The first kappa shape index (κ1) is 20.3. The number of hydrogen-bond acceptors (Lipinski definition) is 4. The highest BCUT2D eigenvalue weighted by Gasteiger charge is 2.23. The normalized spacial score (nSPS) is 13.0. The van der Waals surface area contributed by atoms with Gasteiger partial charge in [-0.3, -0.25) is 13.9 Å². The molecule has 1 atom stereocenters. The van der Waals surface area contributed by atoms with Crippen LogP contribution >= 0.6 is 0 Å². The molecule has 0 spiro atoms. The van der Waals surface area contributed by atoms with Crippen LogP contribution in [-0.4, -0.2) is 55.3 Å².